The second kappa shape index (κ2) is 16.6. The van der Waals surface area contributed by atoms with E-state index in [1.165, 1.54) is 25.4 Å². The van der Waals surface area contributed by atoms with Crippen LogP contribution in [0.1, 0.15) is 79.6 Å². The fourth-order valence-electron chi connectivity index (χ4n) is 7.54. The van der Waals surface area contributed by atoms with Gasteiger partial charge in [0.05, 0.1) is 31.2 Å². The Kier molecular flexibility index (Phi) is 12.4. The van der Waals surface area contributed by atoms with E-state index in [4.69, 9.17) is 18.9 Å². The fraction of sp³-hybridized carbons (Fsp3) is 0.625. The van der Waals surface area contributed by atoms with Gasteiger partial charge in [0.2, 0.25) is 27.7 Å². The number of benzene rings is 1. The highest BCUT2D eigenvalue weighted by molar-refractivity contribution is 7.91. The Bertz CT molecular complexity index is 2150. The summed E-state index contributed by atoms with van der Waals surface area (Å²) in [7, 11) is -3.13. The summed E-state index contributed by atoms with van der Waals surface area (Å²) in [6.07, 6.45) is 1.48. The van der Waals surface area contributed by atoms with Crippen LogP contribution in [0, 0.1) is 11.7 Å². The number of carbonyl (C=O) groups excluding carboxylic acids is 4. The molecule has 2 aliphatic heterocycles. The minimum absolute atomic E-state index is 0.0143. The molecule has 0 bridgehead atoms. The molecule has 60 heavy (non-hydrogen) atoms. The fourth-order valence-corrected chi connectivity index (χ4v) is 8.97. The van der Waals surface area contributed by atoms with Gasteiger partial charge >= 0.3 is 6.09 Å². The SMILES string of the molecule is CC[C@@H]1O[C@@H](C)CC/C=C\[C@@H]2C[C@@]2(C(=O)NS(=O)(=O)C2(CF)CC2)NC(=O)[C@@H]2C[C@@H](Oc3nccc4c(OC)cc(F)cc34)CN2C(=O)[C@H]1NC(=O)OC(C)(C)C(C)(F)F. The Morgan fingerprint density at radius 3 is 2.50 bits per heavy atom. The number of nitrogens with zero attached hydrogens (tertiary/aromatic N) is 2. The Labute approximate surface area is 345 Å². The van der Waals surface area contributed by atoms with Gasteiger partial charge < -0.3 is 34.5 Å². The number of rotatable bonds is 11. The minimum Gasteiger partial charge on any atom is -0.496 e. The van der Waals surface area contributed by atoms with Crippen molar-refractivity contribution in [3.8, 4) is 11.6 Å². The summed E-state index contributed by atoms with van der Waals surface area (Å²) in [5.41, 5.74) is -4.12. The third kappa shape index (κ3) is 8.85. The van der Waals surface area contributed by atoms with Crippen LogP contribution < -0.4 is 24.8 Å². The van der Waals surface area contributed by atoms with E-state index in [0.29, 0.717) is 25.2 Å². The predicted octanol–water partition coefficient (Wildman–Crippen LogP) is 4.62. The number of nitrogens with one attached hydrogen (secondary N) is 3. The monoisotopic (exact) mass is 869 g/mol. The topological polar surface area (TPSA) is 192 Å². The molecule has 2 aromatic rings. The number of amides is 4. The van der Waals surface area contributed by atoms with Crippen molar-refractivity contribution < 1.29 is 64.1 Å². The third-order valence-electron chi connectivity index (χ3n) is 12.0. The first-order valence-electron chi connectivity index (χ1n) is 19.8. The molecule has 2 saturated carbocycles. The molecule has 3 fully saturated rings. The highest BCUT2D eigenvalue weighted by Gasteiger charge is 2.64. The third-order valence-corrected chi connectivity index (χ3v) is 14.1. The van der Waals surface area contributed by atoms with Gasteiger partial charge in [-0.3, -0.25) is 19.1 Å². The van der Waals surface area contributed by atoms with Gasteiger partial charge in [0.15, 0.2) is 5.60 Å². The minimum atomic E-state index is -4.49. The molecule has 2 aliphatic carbocycles. The average molecular weight is 870 g/mol. The number of pyridine rings is 1. The number of aromatic nitrogens is 1. The van der Waals surface area contributed by atoms with Crippen molar-refractivity contribution in [3.63, 3.8) is 0 Å². The molecular formula is C40H51F4N5O10S. The van der Waals surface area contributed by atoms with Crippen LogP contribution >= 0.6 is 0 Å². The summed E-state index contributed by atoms with van der Waals surface area (Å²) in [6, 6.07) is 0.871. The van der Waals surface area contributed by atoms with Crippen LogP contribution in [0.15, 0.2) is 36.5 Å². The molecule has 15 nitrogen and oxygen atoms in total. The first kappa shape index (κ1) is 44.8. The molecule has 20 heteroatoms. The summed E-state index contributed by atoms with van der Waals surface area (Å²) in [5.74, 6) is -7.57. The van der Waals surface area contributed by atoms with Crippen LogP contribution in [0.25, 0.3) is 10.8 Å². The van der Waals surface area contributed by atoms with E-state index in [-0.39, 0.29) is 55.7 Å². The maximum absolute atomic E-state index is 14.9. The molecule has 0 radical (unpaired) electrons. The summed E-state index contributed by atoms with van der Waals surface area (Å²) in [6.45, 7) is 4.45. The Hall–Kier alpha value is -4.72. The molecule has 1 aromatic carbocycles. The number of allylic oxidation sites excluding steroid dienone is 1. The van der Waals surface area contributed by atoms with Gasteiger partial charge in [0, 0.05) is 36.9 Å². The van der Waals surface area contributed by atoms with Crippen LogP contribution in [-0.2, 0) is 33.9 Å². The zero-order chi connectivity index (χ0) is 44.0. The van der Waals surface area contributed by atoms with E-state index in [1.807, 2.05) is 4.72 Å². The number of halogens is 4. The Balaban J connectivity index is 1.38. The molecule has 3 heterocycles. The first-order valence-corrected chi connectivity index (χ1v) is 21.3. The van der Waals surface area contributed by atoms with Crippen LogP contribution in [0.2, 0.25) is 0 Å². The molecule has 0 unspecified atom stereocenters. The number of fused-ring (bicyclic) bond motifs is 3. The highest BCUT2D eigenvalue weighted by Crippen LogP contribution is 2.48. The lowest BCUT2D eigenvalue weighted by molar-refractivity contribution is -0.153. The molecular weight excluding hydrogens is 819 g/mol. The maximum Gasteiger partial charge on any atom is 0.408 e. The quantitative estimate of drug-likeness (QED) is 0.211. The van der Waals surface area contributed by atoms with E-state index >= 15 is 0 Å². The van der Waals surface area contributed by atoms with Crippen molar-refractivity contribution in [2.75, 3.05) is 20.3 Å². The molecule has 330 valence electrons. The average Bonchev–Trinajstić information content (AvgIpc) is 4.08. The molecule has 4 amide bonds. The van der Waals surface area contributed by atoms with Crippen molar-refractivity contribution in [2.24, 2.45) is 5.92 Å². The summed E-state index contributed by atoms with van der Waals surface area (Å²) < 4.78 is 107. The van der Waals surface area contributed by atoms with Gasteiger partial charge in [-0.15, -0.1) is 0 Å². The normalized spacial score (nSPS) is 28.9. The van der Waals surface area contributed by atoms with Crippen molar-refractivity contribution >= 4 is 44.6 Å². The smallest absolute Gasteiger partial charge is 0.408 e. The van der Waals surface area contributed by atoms with Crippen LogP contribution in [0.5, 0.6) is 11.6 Å². The molecule has 7 atom stereocenters. The van der Waals surface area contributed by atoms with Gasteiger partial charge in [0.25, 0.3) is 11.8 Å². The number of alkyl carbamates (subject to hydrolysis) is 1. The predicted molar refractivity (Wildman–Crippen MR) is 208 cm³/mol. The van der Waals surface area contributed by atoms with Crippen LogP contribution in [0.4, 0.5) is 22.4 Å². The Morgan fingerprint density at radius 2 is 1.87 bits per heavy atom. The van der Waals surface area contributed by atoms with E-state index in [1.54, 1.807) is 32.1 Å². The van der Waals surface area contributed by atoms with Crippen LogP contribution in [0.3, 0.4) is 0 Å². The number of carbonyl (C=O) groups is 4. The van der Waals surface area contributed by atoms with E-state index in [2.05, 4.69) is 15.6 Å². The van der Waals surface area contributed by atoms with Gasteiger partial charge in [-0.1, -0.05) is 19.1 Å². The van der Waals surface area contributed by atoms with Crippen molar-refractivity contribution in [2.45, 2.75) is 132 Å². The molecule has 1 aromatic heterocycles. The van der Waals surface area contributed by atoms with Gasteiger partial charge in [-0.2, -0.15) is 0 Å². The van der Waals surface area contributed by atoms with E-state index < -0.39 is 104 Å². The number of ether oxygens (including phenoxy) is 4. The lowest BCUT2D eigenvalue weighted by Gasteiger charge is -2.35. The number of hydrogen-bond donors (Lipinski definition) is 3. The van der Waals surface area contributed by atoms with Gasteiger partial charge in [0.1, 0.15) is 46.7 Å². The Morgan fingerprint density at radius 1 is 1.15 bits per heavy atom. The molecule has 1 saturated heterocycles. The standard InChI is InChI=1S/C40H51F4N5O10S/c1-7-29-31(46-36(53)59-37(3,4)38(5,43)44)34(51)49-20-25(58-33-27-16-24(42)17-30(56-6)26(27)12-15-45-33)18-28(49)32(50)47-40(19-23(40)11-9-8-10-22(2)57-29)35(52)48-60(54,55)39(21-41)13-14-39/h9,11-12,15-17,22-23,25,28-29,31H,7-8,10,13-14,18-21H2,1-6H3,(H,46,53)(H,47,50)(H,48,52)/b11-9-/t22-,23+,25+,28-,29-,31-,40+/m0/s1. The first-order chi connectivity index (χ1) is 28.1. The number of methoxy groups -OCH3 is 1. The molecule has 6 rings (SSSR count). The van der Waals surface area contributed by atoms with Crippen LogP contribution in [-0.4, -0.2) is 115 Å². The second-order valence-corrected chi connectivity index (χ2v) is 18.7. The molecule has 0 spiro atoms. The van der Waals surface area contributed by atoms with Gasteiger partial charge in [-0.25, -0.2) is 35.8 Å². The second-order valence-electron chi connectivity index (χ2n) is 16.6. The number of sulfonamides is 1. The molecule has 3 N–H and O–H groups in total. The number of hydrogen-bond acceptors (Lipinski definition) is 11. The van der Waals surface area contributed by atoms with Crippen molar-refractivity contribution in [1.82, 2.24) is 25.2 Å². The van der Waals surface area contributed by atoms with Gasteiger partial charge in [-0.05, 0) is 71.4 Å². The van der Waals surface area contributed by atoms with E-state index in [0.717, 1.165) is 18.7 Å². The summed E-state index contributed by atoms with van der Waals surface area (Å²) in [4.78, 5) is 62.0. The van der Waals surface area contributed by atoms with Crippen molar-refractivity contribution in [1.29, 1.82) is 0 Å². The lowest BCUT2D eigenvalue weighted by Crippen LogP contribution is -2.61. The maximum atomic E-state index is 14.9. The summed E-state index contributed by atoms with van der Waals surface area (Å²) in [5, 5.41) is 5.77. The lowest BCUT2D eigenvalue weighted by atomic mass is 10.0. The molecule has 4 aliphatic rings. The zero-order valence-electron chi connectivity index (χ0n) is 34.2. The largest absolute Gasteiger partial charge is 0.496 e. The summed E-state index contributed by atoms with van der Waals surface area (Å²) >= 11 is 0. The number of alkyl halides is 3. The van der Waals surface area contributed by atoms with E-state index in [9.17, 15) is 45.2 Å². The highest BCUT2D eigenvalue weighted by atomic mass is 32.2. The zero-order valence-corrected chi connectivity index (χ0v) is 35.0. The van der Waals surface area contributed by atoms with Crippen molar-refractivity contribution in [3.05, 3.63) is 42.4 Å².